The van der Waals surface area contributed by atoms with Crippen LogP contribution in [0.4, 0.5) is 22.7 Å². The minimum atomic E-state index is -0.943. The van der Waals surface area contributed by atoms with Gasteiger partial charge in [0.15, 0.2) is 5.69 Å². The summed E-state index contributed by atoms with van der Waals surface area (Å²) < 4.78 is 0. The van der Waals surface area contributed by atoms with Crippen molar-refractivity contribution in [3.05, 3.63) is 48.2 Å². The highest BCUT2D eigenvalue weighted by atomic mass is 16.6. The molecule has 1 aliphatic heterocycles. The number of rotatable bonds is 2. The normalized spacial score (nSPS) is 17.4. The highest BCUT2D eigenvalue weighted by Crippen LogP contribution is 2.41. The van der Waals surface area contributed by atoms with Crippen LogP contribution in [0.5, 0.6) is 0 Å². The van der Waals surface area contributed by atoms with Crippen LogP contribution in [-0.2, 0) is 0 Å². The third-order valence-corrected chi connectivity index (χ3v) is 2.09. The van der Waals surface area contributed by atoms with Gasteiger partial charge in [0, 0.05) is 4.91 Å². The molecule has 1 aliphatic rings. The van der Waals surface area contributed by atoms with Crippen LogP contribution in [0.2, 0.25) is 0 Å². The first-order valence-corrected chi connectivity index (χ1v) is 4.34. The first kappa shape index (κ1) is 11.6. The average Bonchev–Trinajstić information content (AvgIpc) is 2.27. The lowest BCUT2D eigenvalue weighted by molar-refractivity contribution is -1.05. The van der Waals surface area contributed by atoms with Gasteiger partial charge >= 0.3 is 0 Å². The molecule has 0 radical (unpaired) electrons. The molecule has 0 aromatic heterocycles. The number of nitro benzene ring substituents is 2. The summed E-state index contributed by atoms with van der Waals surface area (Å²) in [6.45, 7) is 0. The van der Waals surface area contributed by atoms with Crippen LogP contribution < -0.4 is 5.17 Å². The van der Waals surface area contributed by atoms with Crippen LogP contribution in [-0.4, -0.2) is 20.0 Å². The summed E-state index contributed by atoms with van der Waals surface area (Å²) in [5.74, 6) is 0. The van der Waals surface area contributed by atoms with E-state index in [-0.39, 0.29) is 10.7 Å². The third kappa shape index (κ3) is 1.76. The number of nitroso groups, excluding NO2 is 1. The van der Waals surface area contributed by atoms with Gasteiger partial charge in [-0.1, -0.05) is 0 Å². The molecule has 0 bridgehead atoms. The molecule has 0 saturated heterocycles. The maximum absolute atomic E-state index is 10.9. The molecule has 1 aromatic carbocycles. The Morgan fingerprint density at radius 3 is 2.50 bits per heavy atom. The topological polar surface area (TPSA) is 159 Å². The predicted molar refractivity (Wildman–Crippen MR) is 52.2 cm³/mol. The van der Waals surface area contributed by atoms with Gasteiger partial charge in [0.2, 0.25) is 0 Å². The number of hydrogen-bond donors (Lipinski definition) is 2. The van der Waals surface area contributed by atoms with Gasteiger partial charge in [-0.15, -0.1) is 0 Å². The summed E-state index contributed by atoms with van der Waals surface area (Å²) in [6.07, 6.45) is 0. The van der Waals surface area contributed by atoms with Crippen molar-refractivity contribution in [3.8, 4) is 0 Å². The van der Waals surface area contributed by atoms with Gasteiger partial charge in [0.05, 0.1) is 27.7 Å². The molecule has 0 aliphatic carbocycles. The van der Waals surface area contributed by atoms with Crippen LogP contribution in [0.1, 0.15) is 0 Å². The van der Waals surface area contributed by atoms with Gasteiger partial charge in [0.1, 0.15) is 0 Å². The van der Waals surface area contributed by atoms with Crippen LogP contribution in [0.15, 0.2) is 12.1 Å². The van der Waals surface area contributed by atoms with E-state index in [2.05, 4.69) is 11.0 Å². The predicted octanol–water partition coefficient (Wildman–Crippen LogP) is 0.325. The van der Waals surface area contributed by atoms with Crippen molar-refractivity contribution in [2.24, 2.45) is 0 Å². The fraction of sp³-hybridized carbons (Fsp3) is 0. The molecule has 1 heterocycles. The van der Waals surface area contributed by atoms with Crippen molar-refractivity contribution >= 4 is 22.7 Å². The summed E-state index contributed by atoms with van der Waals surface area (Å²) in [7, 11) is 0. The van der Waals surface area contributed by atoms with Crippen molar-refractivity contribution in [2.45, 2.75) is 0 Å². The molecule has 12 heteroatoms. The van der Waals surface area contributed by atoms with Crippen molar-refractivity contribution in [2.75, 3.05) is 0 Å². The monoisotopic (exact) mass is 256 g/mol. The van der Waals surface area contributed by atoms with Crippen molar-refractivity contribution in [3.63, 3.8) is 0 Å². The van der Waals surface area contributed by atoms with Crippen molar-refractivity contribution in [1.29, 1.82) is 0 Å². The van der Waals surface area contributed by atoms with Gasteiger partial charge < -0.3 is 5.43 Å². The number of nitrogens with one attached hydrogen (secondary N) is 1. The van der Waals surface area contributed by atoms with E-state index in [4.69, 9.17) is 0 Å². The second kappa shape index (κ2) is 3.86. The summed E-state index contributed by atoms with van der Waals surface area (Å²) in [5, 5.41) is 29.8. The van der Waals surface area contributed by atoms with Gasteiger partial charge in [-0.25, -0.2) is 5.21 Å². The summed E-state index contributed by atoms with van der Waals surface area (Å²) in [6, 6.07) is 1.49. The van der Waals surface area contributed by atoms with Crippen LogP contribution >= 0.6 is 0 Å². The fourth-order valence-electron chi connectivity index (χ4n) is 1.37. The van der Waals surface area contributed by atoms with E-state index in [1.807, 2.05) is 0 Å². The van der Waals surface area contributed by atoms with Gasteiger partial charge in [-0.05, 0) is 4.98 Å². The van der Waals surface area contributed by atoms with Gasteiger partial charge in [-0.2, -0.15) is 10.7 Å². The number of nitro groups is 2. The zero-order valence-electron chi connectivity index (χ0n) is 8.38. The molecule has 2 N–H and O–H groups in total. The molecular formula is C6H4N6O6. The standard InChI is InChI=1S/C6H4N6O6/c13-9-4-1-3(10(14)15)2-5(11(16)17)6(4)7-12(18)8-9/h1-2,9,13H. The number of quaternary nitrogens is 1. The zero-order valence-corrected chi connectivity index (χ0v) is 8.38. The van der Waals surface area contributed by atoms with Crippen molar-refractivity contribution < 1.29 is 25.2 Å². The van der Waals surface area contributed by atoms with Crippen LogP contribution in [0, 0.1) is 25.1 Å². The Kier molecular flexibility index (Phi) is 2.49. The van der Waals surface area contributed by atoms with E-state index >= 15 is 0 Å². The molecule has 0 fully saturated rings. The number of hydrogen-bond acceptors (Lipinski definition) is 6. The van der Waals surface area contributed by atoms with E-state index in [1.165, 1.54) is 0 Å². The lowest BCUT2D eigenvalue weighted by atomic mass is 10.2. The Balaban J connectivity index is 2.69. The van der Waals surface area contributed by atoms with E-state index in [0.29, 0.717) is 6.07 Å². The largest absolute Gasteiger partial charge is 0.349 e. The highest BCUT2D eigenvalue weighted by molar-refractivity contribution is 5.78. The van der Waals surface area contributed by atoms with E-state index in [0.717, 1.165) is 6.07 Å². The molecule has 1 aromatic rings. The minimum absolute atomic E-state index is 0.309. The lowest BCUT2D eigenvalue weighted by Crippen LogP contribution is -3.01. The Labute approximate surface area is 97.2 Å². The van der Waals surface area contributed by atoms with Crippen LogP contribution in [0.3, 0.4) is 0 Å². The molecule has 2 rings (SSSR count). The number of benzene rings is 1. The second-order valence-electron chi connectivity index (χ2n) is 3.15. The summed E-state index contributed by atoms with van der Waals surface area (Å²) in [4.78, 5) is 30.1. The van der Waals surface area contributed by atoms with Crippen molar-refractivity contribution in [1.82, 2.24) is 0 Å². The fourth-order valence-corrected chi connectivity index (χ4v) is 1.37. The third-order valence-electron chi connectivity index (χ3n) is 2.09. The molecule has 12 nitrogen and oxygen atoms in total. The Morgan fingerprint density at radius 2 is 1.94 bits per heavy atom. The molecule has 0 saturated carbocycles. The number of fused-ring (bicyclic) bond motifs is 1. The van der Waals surface area contributed by atoms with E-state index in [1.54, 1.807) is 0 Å². The van der Waals surface area contributed by atoms with E-state index in [9.17, 15) is 30.3 Å². The first-order valence-electron chi connectivity index (χ1n) is 4.34. The highest BCUT2D eigenvalue weighted by Gasteiger charge is 2.29. The second-order valence-corrected chi connectivity index (χ2v) is 3.15. The number of non-ortho nitro benzene ring substituents is 1. The average molecular weight is 256 g/mol. The molecular weight excluding hydrogens is 252 g/mol. The molecule has 1 atom stereocenters. The summed E-state index contributed by atoms with van der Waals surface area (Å²) >= 11 is 0. The Bertz CT molecular complexity index is 572. The van der Waals surface area contributed by atoms with Crippen LogP contribution in [0.25, 0.3) is 11.0 Å². The lowest BCUT2D eigenvalue weighted by Gasteiger charge is -2.28. The van der Waals surface area contributed by atoms with E-state index < -0.39 is 32.1 Å². The van der Waals surface area contributed by atoms with Gasteiger partial charge in [-0.3, -0.25) is 20.2 Å². The minimum Gasteiger partial charge on any atom is -0.349 e. The molecule has 94 valence electrons. The summed E-state index contributed by atoms with van der Waals surface area (Å²) in [5.41, 5.74) is 3.95. The Morgan fingerprint density at radius 1 is 1.28 bits per heavy atom. The first-order chi connectivity index (χ1) is 8.40. The molecule has 0 spiro atoms. The SMILES string of the molecule is O=[N+]1[N-]c2c([N+](=O)[O-])cc([N+](=O)[O-])cc2[NH+](O)[N-]1. The molecule has 18 heavy (non-hydrogen) atoms. The zero-order chi connectivity index (χ0) is 13.4. The smallest absolute Gasteiger partial charge is 0.282 e. The number of nitrogens with zero attached hydrogens (tertiary/aromatic N) is 5. The molecule has 1 unspecified atom stereocenters. The maximum Gasteiger partial charge on any atom is 0.282 e. The molecule has 0 amide bonds. The maximum atomic E-state index is 10.9. The Hall–Kier alpha value is -2.86. The van der Waals surface area contributed by atoms with Gasteiger partial charge in [0.25, 0.3) is 11.4 Å². The quantitative estimate of drug-likeness (QED) is 0.440.